The van der Waals surface area contributed by atoms with Crippen LogP contribution in [0.25, 0.3) is 76.9 Å². The van der Waals surface area contributed by atoms with E-state index in [2.05, 4.69) is 154 Å². The summed E-state index contributed by atoms with van der Waals surface area (Å²) < 4.78 is 11.1. The molecule has 1 aliphatic rings. The lowest BCUT2D eigenvalue weighted by Gasteiger charge is -2.33. The first-order valence-electron chi connectivity index (χ1n) is 15.7. The van der Waals surface area contributed by atoms with Gasteiger partial charge >= 0.3 is 0 Å². The van der Waals surface area contributed by atoms with Crippen LogP contribution in [0.1, 0.15) is 0 Å². The number of anilines is 3. The van der Waals surface area contributed by atoms with Crippen molar-refractivity contribution in [1.82, 2.24) is 9.13 Å². The summed E-state index contributed by atoms with van der Waals surface area (Å²) in [5.74, 6) is 0. The number of para-hydroxylation sites is 6. The minimum atomic E-state index is 0.902. The van der Waals surface area contributed by atoms with E-state index in [0.29, 0.717) is 0 Å². The van der Waals surface area contributed by atoms with Crippen LogP contribution >= 0.6 is 0 Å². The number of rotatable bonds is 2. The molecule has 0 spiro atoms. The van der Waals surface area contributed by atoms with E-state index in [1.165, 1.54) is 49.3 Å². The summed E-state index contributed by atoms with van der Waals surface area (Å²) in [5.41, 5.74) is 12.4. The lowest BCUT2D eigenvalue weighted by atomic mass is 10.1. The van der Waals surface area contributed by atoms with E-state index in [9.17, 15) is 0 Å². The zero-order valence-electron chi connectivity index (χ0n) is 24.7. The van der Waals surface area contributed by atoms with Gasteiger partial charge < -0.3 is 18.5 Å². The van der Waals surface area contributed by atoms with Crippen LogP contribution in [-0.4, -0.2) is 9.13 Å². The standard InChI is InChI=1S/C42H25N3O/c1-2-11-26(12-3-1)44-33-16-6-4-13-28(33)30-22-23-36-40(42(30)44)31-15-10-19-37-41(31)45(36)35-18-8-7-17-34(35)43(37)27-21-24-39-32(25-27)29-14-5-9-20-38(29)46-39/h1-25H. The minimum Gasteiger partial charge on any atom is -0.456 e. The molecule has 0 atom stereocenters. The first kappa shape index (κ1) is 24.1. The second-order valence-corrected chi connectivity index (χ2v) is 12.2. The maximum absolute atomic E-state index is 6.21. The number of aromatic nitrogens is 2. The van der Waals surface area contributed by atoms with Crippen LogP contribution in [0.3, 0.4) is 0 Å². The van der Waals surface area contributed by atoms with Gasteiger partial charge in [-0.2, -0.15) is 0 Å². The molecule has 4 heterocycles. The topological polar surface area (TPSA) is 26.2 Å². The fraction of sp³-hybridized carbons (Fsp3) is 0. The molecule has 0 saturated heterocycles. The van der Waals surface area contributed by atoms with Crippen molar-refractivity contribution < 1.29 is 4.42 Å². The van der Waals surface area contributed by atoms with Crippen LogP contribution in [0.15, 0.2) is 156 Å². The fourth-order valence-electron chi connectivity index (χ4n) is 7.97. The molecule has 1 aliphatic heterocycles. The molecule has 0 aliphatic carbocycles. The third kappa shape index (κ3) is 2.98. The van der Waals surface area contributed by atoms with Gasteiger partial charge in [0.15, 0.2) is 0 Å². The van der Waals surface area contributed by atoms with Gasteiger partial charge in [0.2, 0.25) is 0 Å². The SMILES string of the molecule is c1ccc(-n2c3ccccc3c3ccc4c(c5cccc6c5n4-c4ccccc4N6c4ccc5oc6ccccc6c5c4)c32)cc1. The van der Waals surface area contributed by atoms with Gasteiger partial charge in [0, 0.05) is 43.7 Å². The van der Waals surface area contributed by atoms with E-state index in [1.807, 2.05) is 12.1 Å². The van der Waals surface area contributed by atoms with Crippen LogP contribution in [0, 0.1) is 0 Å². The van der Waals surface area contributed by atoms with Gasteiger partial charge in [0.05, 0.1) is 39.1 Å². The van der Waals surface area contributed by atoms with Gasteiger partial charge in [-0.3, -0.25) is 0 Å². The highest BCUT2D eigenvalue weighted by Crippen LogP contribution is 2.52. The molecule has 4 nitrogen and oxygen atoms in total. The van der Waals surface area contributed by atoms with Gasteiger partial charge in [0.25, 0.3) is 0 Å². The Morgan fingerprint density at radius 1 is 0.370 bits per heavy atom. The van der Waals surface area contributed by atoms with Crippen molar-refractivity contribution in [2.45, 2.75) is 0 Å². The van der Waals surface area contributed by atoms with Crippen LogP contribution in [-0.2, 0) is 0 Å². The summed E-state index contributed by atoms with van der Waals surface area (Å²) in [7, 11) is 0. The van der Waals surface area contributed by atoms with E-state index < -0.39 is 0 Å². The van der Waals surface area contributed by atoms with Crippen LogP contribution in [0.5, 0.6) is 0 Å². The zero-order chi connectivity index (χ0) is 29.9. The Hall–Kier alpha value is -6.26. The maximum Gasteiger partial charge on any atom is 0.135 e. The van der Waals surface area contributed by atoms with Gasteiger partial charge in [0.1, 0.15) is 11.2 Å². The van der Waals surface area contributed by atoms with Crippen LogP contribution in [0.2, 0.25) is 0 Å². The summed E-state index contributed by atoms with van der Waals surface area (Å²) in [6.07, 6.45) is 0. The Labute approximate surface area is 263 Å². The van der Waals surface area contributed by atoms with Gasteiger partial charge in [-0.05, 0) is 66.7 Å². The van der Waals surface area contributed by atoms with Crippen molar-refractivity contribution in [3.63, 3.8) is 0 Å². The molecule has 0 unspecified atom stereocenters. The number of nitrogens with zero attached hydrogens (tertiary/aromatic N) is 3. The predicted molar refractivity (Wildman–Crippen MR) is 191 cm³/mol. The molecular formula is C42H25N3O. The van der Waals surface area contributed by atoms with Crippen LogP contribution < -0.4 is 4.90 Å². The van der Waals surface area contributed by atoms with E-state index in [4.69, 9.17) is 4.42 Å². The highest BCUT2D eigenvalue weighted by atomic mass is 16.3. The summed E-state index contributed by atoms with van der Waals surface area (Å²) in [4.78, 5) is 2.42. The summed E-state index contributed by atoms with van der Waals surface area (Å²) in [6.45, 7) is 0. The van der Waals surface area contributed by atoms with Crippen molar-refractivity contribution in [3.8, 4) is 11.4 Å². The molecule has 0 bridgehead atoms. The molecule has 0 amide bonds. The first-order valence-corrected chi connectivity index (χ1v) is 15.7. The normalized spacial score (nSPS) is 12.7. The number of hydrogen-bond donors (Lipinski definition) is 0. The van der Waals surface area contributed by atoms with Crippen molar-refractivity contribution in [2.24, 2.45) is 0 Å². The van der Waals surface area contributed by atoms with Gasteiger partial charge in [-0.1, -0.05) is 84.9 Å². The average molecular weight is 588 g/mol. The molecule has 10 aromatic rings. The smallest absolute Gasteiger partial charge is 0.135 e. The Balaban J connectivity index is 1.29. The minimum absolute atomic E-state index is 0.902. The molecule has 0 saturated carbocycles. The zero-order valence-corrected chi connectivity index (χ0v) is 24.7. The number of benzene rings is 7. The lowest BCUT2D eigenvalue weighted by molar-refractivity contribution is 0.669. The Morgan fingerprint density at radius 2 is 1.09 bits per heavy atom. The molecule has 214 valence electrons. The summed E-state index contributed by atoms with van der Waals surface area (Å²) >= 11 is 0. The molecule has 3 aromatic heterocycles. The third-order valence-electron chi connectivity index (χ3n) is 9.80. The third-order valence-corrected chi connectivity index (χ3v) is 9.80. The fourth-order valence-corrected chi connectivity index (χ4v) is 7.97. The van der Waals surface area contributed by atoms with Crippen molar-refractivity contribution in [1.29, 1.82) is 0 Å². The quantitative estimate of drug-likeness (QED) is 0.201. The molecule has 4 heteroatoms. The van der Waals surface area contributed by atoms with Crippen LogP contribution in [0.4, 0.5) is 17.1 Å². The Morgan fingerprint density at radius 3 is 2.00 bits per heavy atom. The molecule has 0 N–H and O–H groups in total. The Kier molecular flexibility index (Phi) is 4.55. The summed E-state index contributed by atoms with van der Waals surface area (Å²) in [5, 5.41) is 7.29. The van der Waals surface area contributed by atoms with Crippen molar-refractivity contribution in [3.05, 3.63) is 152 Å². The molecule has 0 radical (unpaired) electrons. The number of hydrogen-bond acceptors (Lipinski definition) is 2. The van der Waals surface area contributed by atoms with Gasteiger partial charge in [-0.25, -0.2) is 0 Å². The molecule has 7 aromatic carbocycles. The van der Waals surface area contributed by atoms with E-state index >= 15 is 0 Å². The highest BCUT2D eigenvalue weighted by molar-refractivity contribution is 6.28. The van der Waals surface area contributed by atoms with E-state index in [-0.39, 0.29) is 0 Å². The second-order valence-electron chi connectivity index (χ2n) is 12.2. The molecule has 11 rings (SSSR count). The second kappa shape index (κ2) is 8.68. The molecule has 0 fully saturated rings. The largest absolute Gasteiger partial charge is 0.456 e. The molecule has 46 heavy (non-hydrogen) atoms. The first-order chi connectivity index (χ1) is 22.8. The Bertz CT molecular complexity index is 2870. The van der Waals surface area contributed by atoms with E-state index in [0.717, 1.165) is 44.7 Å². The monoisotopic (exact) mass is 587 g/mol. The van der Waals surface area contributed by atoms with Gasteiger partial charge in [-0.15, -0.1) is 0 Å². The number of fused-ring (bicyclic) bond motifs is 12. The maximum atomic E-state index is 6.21. The summed E-state index contributed by atoms with van der Waals surface area (Å²) in [6, 6.07) is 54.6. The molecular weight excluding hydrogens is 562 g/mol. The highest BCUT2D eigenvalue weighted by Gasteiger charge is 2.30. The van der Waals surface area contributed by atoms with Crippen molar-refractivity contribution in [2.75, 3.05) is 4.90 Å². The van der Waals surface area contributed by atoms with E-state index in [1.54, 1.807) is 0 Å². The lowest BCUT2D eigenvalue weighted by Crippen LogP contribution is -2.17. The average Bonchev–Trinajstić information content (AvgIpc) is 3.77. The predicted octanol–water partition coefficient (Wildman–Crippen LogP) is 11.6. The van der Waals surface area contributed by atoms with Crippen molar-refractivity contribution >= 4 is 82.6 Å². The number of furan rings is 1.